The molecule has 1 rings (SSSR count). The van der Waals surface area contributed by atoms with E-state index in [4.69, 9.17) is 6.42 Å². The van der Waals surface area contributed by atoms with Crippen molar-refractivity contribution >= 4 is 0 Å². The molecule has 0 aromatic heterocycles. The summed E-state index contributed by atoms with van der Waals surface area (Å²) in [6.07, 6.45) is 9.32. The maximum atomic E-state index is 5.22. The molecule has 0 spiro atoms. The smallest absolute Gasteiger partial charge is 0.0576 e. The Morgan fingerprint density at radius 1 is 1.33 bits per heavy atom. The van der Waals surface area contributed by atoms with Gasteiger partial charge in [0.1, 0.15) is 0 Å². The van der Waals surface area contributed by atoms with E-state index in [0.717, 1.165) is 18.4 Å². The summed E-state index contributed by atoms with van der Waals surface area (Å²) >= 11 is 0. The van der Waals surface area contributed by atoms with Gasteiger partial charge in [-0.3, -0.25) is 0 Å². The summed E-state index contributed by atoms with van der Waals surface area (Å²) in [7, 11) is 0. The Bertz CT molecular complexity index is 158. The highest BCUT2D eigenvalue weighted by atomic mass is 14.9. The van der Waals surface area contributed by atoms with Crippen molar-refractivity contribution in [3.05, 3.63) is 0 Å². The molecule has 0 amide bonds. The standard InChI is InChI=1S/C11H19N/c1-4-8-12-11-9(2)6-5-7-10(11)3/h1,9-12H,5-8H2,2-3H3/t9-,10-/m1/s1. The van der Waals surface area contributed by atoms with Crippen molar-refractivity contribution in [2.75, 3.05) is 6.54 Å². The van der Waals surface area contributed by atoms with Gasteiger partial charge in [-0.15, -0.1) is 6.42 Å². The van der Waals surface area contributed by atoms with Crippen LogP contribution in [0.25, 0.3) is 0 Å². The van der Waals surface area contributed by atoms with E-state index in [-0.39, 0.29) is 0 Å². The summed E-state index contributed by atoms with van der Waals surface area (Å²) in [4.78, 5) is 0. The summed E-state index contributed by atoms with van der Waals surface area (Å²) in [5.41, 5.74) is 0. The van der Waals surface area contributed by atoms with Crippen LogP contribution in [-0.2, 0) is 0 Å². The van der Waals surface area contributed by atoms with Crippen LogP contribution in [-0.4, -0.2) is 12.6 Å². The summed E-state index contributed by atoms with van der Waals surface area (Å²) in [5.74, 6) is 4.23. The molecule has 0 heterocycles. The summed E-state index contributed by atoms with van der Waals surface area (Å²) in [6, 6.07) is 0.648. The second kappa shape index (κ2) is 4.52. The second-order valence-corrected chi connectivity index (χ2v) is 4.00. The maximum absolute atomic E-state index is 5.22. The Hall–Kier alpha value is -0.480. The number of hydrogen-bond acceptors (Lipinski definition) is 1. The van der Waals surface area contributed by atoms with E-state index in [1.807, 2.05) is 0 Å². The summed E-state index contributed by atoms with van der Waals surface area (Å²) in [6.45, 7) is 5.37. The molecule has 1 aliphatic rings. The monoisotopic (exact) mass is 165 g/mol. The van der Waals surface area contributed by atoms with Gasteiger partial charge in [0.05, 0.1) is 6.54 Å². The average molecular weight is 165 g/mol. The zero-order valence-electron chi connectivity index (χ0n) is 8.14. The molecule has 1 saturated carbocycles. The van der Waals surface area contributed by atoms with Crippen LogP contribution in [0.15, 0.2) is 0 Å². The third-order valence-electron chi connectivity index (χ3n) is 2.98. The first-order chi connectivity index (χ1) is 5.75. The van der Waals surface area contributed by atoms with Gasteiger partial charge in [0.2, 0.25) is 0 Å². The minimum Gasteiger partial charge on any atom is -0.303 e. The molecule has 2 atom stereocenters. The fourth-order valence-corrected chi connectivity index (χ4v) is 2.26. The largest absolute Gasteiger partial charge is 0.303 e. The molecule has 1 nitrogen and oxygen atoms in total. The van der Waals surface area contributed by atoms with Crippen molar-refractivity contribution in [2.24, 2.45) is 11.8 Å². The minimum atomic E-state index is 0.648. The highest BCUT2D eigenvalue weighted by Gasteiger charge is 2.26. The van der Waals surface area contributed by atoms with Crippen molar-refractivity contribution in [1.82, 2.24) is 5.32 Å². The van der Waals surface area contributed by atoms with E-state index in [1.165, 1.54) is 19.3 Å². The van der Waals surface area contributed by atoms with E-state index >= 15 is 0 Å². The van der Waals surface area contributed by atoms with Crippen LogP contribution in [0.3, 0.4) is 0 Å². The number of nitrogens with one attached hydrogen (secondary N) is 1. The highest BCUT2D eigenvalue weighted by Crippen LogP contribution is 2.28. The molecule has 0 unspecified atom stereocenters. The molecule has 0 radical (unpaired) electrons. The quantitative estimate of drug-likeness (QED) is 0.617. The molecule has 0 aromatic rings. The van der Waals surface area contributed by atoms with E-state index < -0.39 is 0 Å². The Balaban J connectivity index is 2.41. The number of terminal acetylenes is 1. The fraction of sp³-hybridized carbons (Fsp3) is 0.818. The van der Waals surface area contributed by atoms with Crippen LogP contribution < -0.4 is 5.32 Å². The molecule has 0 aromatic carbocycles. The molecule has 0 saturated heterocycles. The van der Waals surface area contributed by atoms with Gasteiger partial charge in [0.25, 0.3) is 0 Å². The van der Waals surface area contributed by atoms with Gasteiger partial charge < -0.3 is 5.32 Å². The van der Waals surface area contributed by atoms with Gasteiger partial charge in [-0.1, -0.05) is 26.2 Å². The van der Waals surface area contributed by atoms with Crippen LogP contribution in [0.2, 0.25) is 0 Å². The topological polar surface area (TPSA) is 12.0 Å². The first-order valence-corrected chi connectivity index (χ1v) is 4.92. The third kappa shape index (κ3) is 2.25. The van der Waals surface area contributed by atoms with Gasteiger partial charge >= 0.3 is 0 Å². The highest BCUT2D eigenvalue weighted by molar-refractivity contribution is 4.91. The molecule has 0 bridgehead atoms. The second-order valence-electron chi connectivity index (χ2n) is 4.00. The molecule has 1 heteroatoms. The van der Waals surface area contributed by atoms with Crippen LogP contribution >= 0.6 is 0 Å². The van der Waals surface area contributed by atoms with Gasteiger partial charge in [0.15, 0.2) is 0 Å². The van der Waals surface area contributed by atoms with Crippen molar-refractivity contribution in [1.29, 1.82) is 0 Å². The zero-order valence-corrected chi connectivity index (χ0v) is 8.14. The van der Waals surface area contributed by atoms with E-state index in [1.54, 1.807) is 0 Å². The van der Waals surface area contributed by atoms with Gasteiger partial charge in [-0.2, -0.15) is 0 Å². The van der Waals surface area contributed by atoms with Crippen molar-refractivity contribution in [3.63, 3.8) is 0 Å². The zero-order chi connectivity index (χ0) is 8.97. The van der Waals surface area contributed by atoms with Crippen molar-refractivity contribution < 1.29 is 0 Å². The van der Waals surface area contributed by atoms with E-state index in [2.05, 4.69) is 25.1 Å². The molecular weight excluding hydrogens is 146 g/mol. The summed E-state index contributed by atoms with van der Waals surface area (Å²) in [5, 5.41) is 3.43. The Morgan fingerprint density at radius 3 is 2.42 bits per heavy atom. The van der Waals surface area contributed by atoms with Gasteiger partial charge in [-0.05, 0) is 24.7 Å². The first kappa shape index (κ1) is 9.61. The van der Waals surface area contributed by atoms with Gasteiger partial charge in [-0.25, -0.2) is 0 Å². The molecule has 1 aliphatic carbocycles. The van der Waals surface area contributed by atoms with Crippen LogP contribution in [0.5, 0.6) is 0 Å². The Kier molecular flexibility index (Phi) is 3.62. The lowest BCUT2D eigenvalue weighted by molar-refractivity contribution is 0.215. The predicted octanol–water partition coefficient (Wildman–Crippen LogP) is 2.03. The van der Waals surface area contributed by atoms with Crippen LogP contribution in [0.4, 0.5) is 0 Å². The van der Waals surface area contributed by atoms with E-state index in [0.29, 0.717) is 6.04 Å². The van der Waals surface area contributed by atoms with Crippen LogP contribution in [0, 0.1) is 24.2 Å². The Morgan fingerprint density at radius 2 is 1.92 bits per heavy atom. The maximum Gasteiger partial charge on any atom is 0.0576 e. The molecular formula is C11H19N. The molecule has 68 valence electrons. The lowest BCUT2D eigenvalue weighted by atomic mass is 9.79. The molecule has 12 heavy (non-hydrogen) atoms. The lowest BCUT2D eigenvalue weighted by Gasteiger charge is -2.34. The number of rotatable bonds is 2. The lowest BCUT2D eigenvalue weighted by Crippen LogP contribution is -2.42. The average Bonchev–Trinajstić information content (AvgIpc) is 2.04. The van der Waals surface area contributed by atoms with Crippen molar-refractivity contribution in [2.45, 2.75) is 39.2 Å². The van der Waals surface area contributed by atoms with Gasteiger partial charge in [0, 0.05) is 6.04 Å². The number of hydrogen-bond donors (Lipinski definition) is 1. The Labute approximate surface area is 75.9 Å². The normalized spacial score (nSPS) is 31.4. The molecule has 1 fully saturated rings. The molecule has 1 N–H and O–H groups in total. The van der Waals surface area contributed by atoms with E-state index in [9.17, 15) is 0 Å². The molecule has 0 aliphatic heterocycles. The minimum absolute atomic E-state index is 0.648. The van der Waals surface area contributed by atoms with Crippen LogP contribution in [0.1, 0.15) is 33.1 Å². The first-order valence-electron chi connectivity index (χ1n) is 4.92. The fourth-order valence-electron chi connectivity index (χ4n) is 2.26. The van der Waals surface area contributed by atoms with Crippen molar-refractivity contribution in [3.8, 4) is 12.3 Å². The summed E-state index contributed by atoms with van der Waals surface area (Å²) < 4.78 is 0. The SMILES string of the molecule is C#CCNC1[C@H](C)CCC[C@H]1C. The third-order valence-corrected chi connectivity index (χ3v) is 2.98. The predicted molar refractivity (Wildman–Crippen MR) is 52.8 cm³/mol.